The molecule has 1 aromatic heterocycles. The Labute approximate surface area is 204 Å². The van der Waals surface area contributed by atoms with E-state index < -0.39 is 6.09 Å². The van der Waals surface area contributed by atoms with Gasteiger partial charge in [0.15, 0.2) is 11.5 Å². The zero-order chi connectivity index (χ0) is 24.8. The summed E-state index contributed by atoms with van der Waals surface area (Å²) < 4.78 is 16.9. The van der Waals surface area contributed by atoms with E-state index in [0.717, 1.165) is 17.4 Å². The van der Waals surface area contributed by atoms with E-state index >= 15 is 0 Å². The molecular formula is C28H28N2O5. The van der Waals surface area contributed by atoms with Crippen LogP contribution in [0, 0.1) is 0 Å². The number of nitrogens with zero attached hydrogens (tertiary/aromatic N) is 2. The molecule has 0 aliphatic carbocycles. The first-order chi connectivity index (χ1) is 17.0. The van der Waals surface area contributed by atoms with E-state index in [1.54, 1.807) is 56.8 Å². The molecule has 4 aromatic rings. The smallest absolute Gasteiger partial charge is 0.412 e. The molecule has 1 heterocycles. The van der Waals surface area contributed by atoms with Gasteiger partial charge in [0.2, 0.25) is 0 Å². The number of fused-ring (bicyclic) bond motifs is 1. The van der Waals surface area contributed by atoms with Crippen molar-refractivity contribution in [2.24, 2.45) is 0 Å². The molecule has 180 valence electrons. The molecule has 35 heavy (non-hydrogen) atoms. The maximum atomic E-state index is 12.3. The first-order valence-corrected chi connectivity index (χ1v) is 11.4. The van der Waals surface area contributed by atoms with E-state index in [4.69, 9.17) is 14.2 Å². The average Bonchev–Trinajstić information content (AvgIpc) is 2.89. The average molecular weight is 473 g/mol. The van der Waals surface area contributed by atoms with Crippen molar-refractivity contribution in [1.29, 1.82) is 0 Å². The minimum Gasteiger partial charge on any atom is -0.493 e. The number of pyridine rings is 1. The molecule has 0 spiro atoms. The van der Waals surface area contributed by atoms with Gasteiger partial charge in [-0.25, -0.2) is 4.79 Å². The summed E-state index contributed by atoms with van der Waals surface area (Å²) >= 11 is 0. The summed E-state index contributed by atoms with van der Waals surface area (Å²) in [5.74, 6) is 2.34. The fraction of sp³-hybridized carbons (Fsp3) is 0.214. The summed E-state index contributed by atoms with van der Waals surface area (Å²) in [5.41, 5.74) is 2.25. The number of ether oxygens (including phenoxy) is 3. The van der Waals surface area contributed by atoms with Crippen molar-refractivity contribution >= 4 is 22.7 Å². The van der Waals surface area contributed by atoms with Gasteiger partial charge in [0, 0.05) is 23.3 Å². The van der Waals surface area contributed by atoms with E-state index in [1.807, 2.05) is 36.4 Å². The Hall–Kier alpha value is -4.26. The molecule has 3 aromatic carbocycles. The Morgan fingerprint density at radius 1 is 0.943 bits per heavy atom. The second-order valence-electron chi connectivity index (χ2n) is 8.00. The van der Waals surface area contributed by atoms with Crippen LogP contribution in [0.3, 0.4) is 0 Å². The molecule has 0 fully saturated rings. The lowest BCUT2D eigenvalue weighted by Crippen LogP contribution is -2.33. The molecule has 0 saturated carbocycles. The largest absolute Gasteiger partial charge is 0.493 e. The minimum absolute atomic E-state index is 0.281. The van der Waals surface area contributed by atoms with Crippen LogP contribution in [0.2, 0.25) is 0 Å². The highest BCUT2D eigenvalue weighted by Gasteiger charge is 2.26. The first-order valence-electron chi connectivity index (χ1n) is 11.4. The van der Waals surface area contributed by atoms with Gasteiger partial charge in [0.25, 0.3) is 0 Å². The Kier molecular flexibility index (Phi) is 7.35. The maximum Gasteiger partial charge on any atom is 0.412 e. The lowest BCUT2D eigenvalue weighted by atomic mass is 10.00. The normalized spacial score (nSPS) is 11.6. The van der Waals surface area contributed by atoms with Crippen LogP contribution < -0.4 is 19.1 Å². The number of benzene rings is 3. The summed E-state index contributed by atoms with van der Waals surface area (Å²) in [6.07, 6.45) is 2.23. The van der Waals surface area contributed by atoms with Gasteiger partial charge in [-0.05, 0) is 48.4 Å². The number of aromatic nitrogens is 1. The van der Waals surface area contributed by atoms with Crippen LogP contribution in [-0.2, 0) is 0 Å². The van der Waals surface area contributed by atoms with Gasteiger partial charge in [-0.15, -0.1) is 0 Å². The first kappa shape index (κ1) is 23.9. The molecule has 7 heteroatoms. The van der Waals surface area contributed by atoms with Crippen LogP contribution >= 0.6 is 0 Å². The molecule has 1 unspecified atom stereocenters. The van der Waals surface area contributed by atoms with Gasteiger partial charge in [-0.2, -0.15) is 0 Å². The van der Waals surface area contributed by atoms with Crippen LogP contribution in [0.4, 0.5) is 10.5 Å². The molecule has 1 N–H and O–H groups in total. The fourth-order valence-corrected chi connectivity index (χ4v) is 4.16. The third-order valence-electron chi connectivity index (χ3n) is 5.81. The number of carboxylic acid groups (broad SMARTS) is 1. The van der Waals surface area contributed by atoms with Gasteiger partial charge in [-0.3, -0.25) is 9.88 Å². The molecule has 7 nitrogen and oxygen atoms in total. The third-order valence-corrected chi connectivity index (χ3v) is 5.81. The van der Waals surface area contributed by atoms with Gasteiger partial charge < -0.3 is 19.3 Å². The number of carbonyl (C=O) groups is 1. The quantitative estimate of drug-likeness (QED) is 0.281. The molecule has 1 amide bonds. The van der Waals surface area contributed by atoms with E-state index in [2.05, 4.69) is 11.9 Å². The highest BCUT2D eigenvalue weighted by atomic mass is 16.5. The molecule has 0 bridgehead atoms. The summed E-state index contributed by atoms with van der Waals surface area (Å²) in [4.78, 5) is 18.1. The number of hydrogen-bond acceptors (Lipinski definition) is 5. The van der Waals surface area contributed by atoms with Crippen LogP contribution in [0.5, 0.6) is 23.0 Å². The minimum atomic E-state index is -0.998. The van der Waals surface area contributed by atoms with Crippen molar-refractivity contribution in [1.82, 2.24) is 4.98 Å². The number of anilines is 1. The number of amides is 1. The van der Waals surface area contributed by atoms with Gasteiger partial charge in [0.05, 0.1) is 25.8 Å². The molecule has 1 atom stereocenters. The summed E-state index contributed by atoms with van der Waals surface area (Å²) in [7, 11) is 3.16. The van der Waals surface area contributed by atoms with E-state index in [1.165, 1.54) is 4.90 Å². The van der Waals surface area contributed by atoms with Crippen LogP contribution in [0.1, 0.15) is 31.4 Å². The predicted molar refractivity (Wildman–Crippen MR) is 136 cm³/mol. The third kappa shape index (κ3) is 5.14. The summed E-state index contributed by atoms with van der Waals surface area (Å²) in [6.45, 7) is 2.05. The van der Waals surface area contributed by atoms with Crippen molar-refractivity contribution in [2.75, 3.05) is 19.1 Å². The van der Waals surface area contributed by atoms with Crippen LogP contribution in [0.25, 0.3) is 10.9 Å². The topological polar surface area (TPSA) is 81.1 Å². The summed E-state index contributed by atoms with van der Waals surface area (Å²) in [5, 5.41) is 10.8. The van der Waals surface area contributed by atoms with Crippen LogP contribution in [-0.4, -0.2) is 30.4 Å². The molecular weight excluding hydrogens is 444 g/mol. The van der Waals surface area contributed by atoms with Crippen molar-refractivity contribution in [3.63, 3.8) is 0 Å². The van der Waals surface area contributed by atoms with Gasteiger partial charge >= 0.3 is 6.09 Å². The fourth-order valence-electron chi connectivity index (χ4n) is 4.16. The van der Waals surface area contributed by atoms with E-state index in [9.17, 15) is 9.90 Å². The van der Waals surface area contributed by atoms with E-state index in [-0.39, 0.29) is 6.04 Å². The number of methoxy groups -OCH3 is 2. The molecule has 0 aliphatic heterocycles. The highest BCUT2D eigenvalue weighted by Crippen LogP contribution is 2.38. The summed E-state index contributed by atoms with van der Waals surface area (Å²) in [6, 6.07) is 21.9. The lowest BCUT2D eigenvalue weighted by molar-refractivity contribution is 0.198. The van der Waals surface area contributed by atoms with Crippen molar-refractivity contribution in [3.8, 4) is 23.0 Å². The molecule has 0 aliphatic rings. The van der Waals surface area contributed by atoms with Gasteiger partial charge in [-0.1, -0.05) is 43.7 Å². The number of rotatable bonds is 9. The Morgan fingerprint density at radius 3 is 2.26 bits per heavy atom. The Morgan fingerprint density at radius 2 is 1.63 bits per heavy atom. The van der Waals surface area contributed by atoms with E-state index in [0.29, 0.717) is 40.6 Å². The predicted octanol–water partition coefficient (Wildman–Crippen LogP) is 7.07. The zero-order valence-corrected chi connectivity index (χ0v) is 20.0. The van der Waals surface area contributed by atoms with Crippen molar-refractivity contribution in [3.05, 3.63) is 84.6 Å². The molecule has 0 radical (unpaired) electrons. The molecule has 0 saturated heterocycles. The van der Waals surface area contributed by atoms with Gasteiger partial charge in [0.1, 0.15) is 11.5 Å². The monoisotopic (exact) mass is 472 g/mol. The van der Waals surface area contributed by atoms with Crippen molar-refractivity contribution < 1.29 is 24.1 Å². The SMILES string of the molecule is CCCC(c1ccccc1)N(C(=O)O)c1ccc(Oc2ccnc3cc(OC)c(OC)cc23)cc1. The second kappa shape index (κ2) is 10.8. The van der Waals surface area contributed by atoms with Crippen LogP contribution in [0.15, 0.2) is 79.0 Å². The highest BCUT2D eigenvalue weighted by molar-refractivity contribution is 5.89. The van der Waals surface area contributed by atoms with Crippen molar-refractivity contribution in [2.45, 2.75) is 25.8 Å². The maximum absolute atomic E-state index is 12.3. The Balaban J connectivity index is 1.64. The zero-order valence-electron chi connectivity index (χ0n) is 20.0. The number of hydrogen-bond donors (Lipinski definition) is 1. The standard InChI is InChI=1S/C28H28N2O5/c1-4-8-24(19-9-6-5-7-10-19)30(28(31)32)20-11-13-21(14-12-20)35-25-15-16-29-23-18-27(34-3)26(33-2)17-22(23)25/h5-7,9-18,24H,4,8H2,1-3H3,(H,31,32). The lowest BCUT2D eigenvalue weighted by Gasteiger charge is -2.30. The second-order valence-corrected chi connectivity index (χ2v) is 8.00. The Bertz CT molecular complexity index is 1290. The molecule has 4 rings (SSSR count).